The summed E-state index contributed by atoms with van der Waals surface area (Å²) in [6, 6.07) is 7.64. The second-order valence-electron chi connectivity index (χ2n) is 2.52. The lowest BCUT2D eigenvalue weighted by Gasteiger charge is -2.03. The zero-order valence-corrected chi connectivity index (χ0v) is 7.29. The van der Waals surface area contributed by atoms with Gasteiger partial charge in [0.1, 0.15) is 5.75 Å². The van der Waals surface area contributed by atoms with E-state index >= 15 is 0 Å². The van der Waals surface area contributed by atoms with Gasteiger partial charge in [-0.05, 0) is 31.5 Å². The number of ether oxygens (including phenoxy) is 1. The molecule has 12 heavy (non-hydrogen) atoms. The molecule has 0 aliphatic heterocycles. The van der Waals surface area contributed by atoms with E-state index in [2.05, 4.69) is 6.07 Å². The molecule has 0 heterocycles. The van der Waals surface area contributed by atoms with Crippen molar-refractivity contribution in [3.63, 3.8) is 0 Å². The molecule has 2 heteroatoms. The Balaban J connectivity index is 2.99. The molecule has 0 bridgehead atoms. The molecule has 1 rings (SSSR count). The molecule has 0 radical (unpaired) electrons. The normalized spacial score (nSPS) is 9.08. The zero-order chi connectivity index (χ0) is 8.97. The van der Waals surface area contributed by atoms with Crippen molar-refractivity contribution in [1.82, 2.24) is 0 Å². The fourth-order valence-electron chi connectivity index (χ4n) is 0.978. The highest BCUT2D eigenvalue weighted by molar-refractivity contribution is 5.42. The van der Waals surface area contributed by atoms with Crippen molar-refractivity contribution in [2.45, 2.75) is 13.8 Å². The van der Waals surface area contributed by atoms with Gasteiger partial charge < -0.3 is 4.74 Å². The van der Waals surface area contributed by atoms with Crippen molar-refractivity contribution in [3.8, 4) is 11.8 Å². The molecule has 0 unspecified atom stereocenters. The van der Waals surface area contributed by atoms with Crippen LogP contribution in [0.25, 0.3) is 0 Å². The monoisotopic (exact) mass is 161 g/mol. The van der Waals surface area contributed by atoms with E-state index in [4.69, 9.17) is 10.00 Å². The number of nitriles is 1. The highest BCUT2D eigenvalue weighted by Crippen LogP contribution is 2.16. The minimum atomic E-state index is 0.633. The van der Waals surface area contributed by atoms with Crippen LogP contribution in [0.1, 0.15) is 18.1 Å². The number of aryl methyl sites for hydroxylation is 1. The Hall–Kier alpha value is -1.49. The third kappa shape index (κ3) is 1.76. The predicted octanol–water partition coefficient (Wildman–Crippen LogP) is 2.27. The van der Waals surface area contributed by atoms with Gasteiger partial charge in [0.2, 0.25) is 0 Å². The summed E-state index contributed by atoms with van der Waals surface area (Å²) in [6.07, 6.45) is 0. The molecule has 0 atom stereocenters. The molecule has 0 fully saturated rings. The van der Waals surface area contributed by atoms with Crippen LogP contribution in [0.15, 0.2) is 18.2 Å². The SMILES string of the molecule is CCOc1ccc(C)c(C#N)c1. The number of nitrogens with zero attached hydrogens (tertiary/aromatic N) is 1. The summed E-state index contributed by atoms with van der Waals surface area (Å²) < 4.78 is 5.25. The van der Waals surface area contributed by atoms with E-state index in [9.17, 15) is 0 Å². The van der Waals surface area contributed by atoms with Crippen LogP contribution in [0.3, 0.4) is 0 Å². The maximum atomic E-state index is 8.71. The highest BCUT2D eigenvalue weighted by atomic mass is 16.5. The van der Waals surface area contributed by atoms with E-state index in [1.807, 2.05) is 26.0 Å². The van der Waals surface area contributed by atoms with E-state index < -0.39 is 0 Å². The lowest BCUT2D eigenvalue weighted by Crippen LogP contribution is -1.92. The summed E-state index contributed by atoms with van der Waals surface area (Å²) in [5.41, 5.74) is 1.67. The lowest BCUT2D eigenvalue weighted by molar-refractivity contribution is 0.340. The quantitative estimate of drug-likeness (QED) is 0.666. The van der Waals surface area contributed by atoms with Crippen molar-refractivity contribution in [2.75, 3.05) is 6.61 Å². The van der Waals surface area contributed by atoms with Gasteiger partial charge in [-0.3, -0.25) is 0 Å². The first-order valence-corrected chi connectivity index (χ1v) is 3.91. The fraction of sp³-hybridized carbons (Fsp3) is 0.300. The number of benzene rings is 1. The van der Waals surface area contributed by atoms with Gasteiger partial charge in [-0.15, -0.1) is 0 Å². The highest BCUT2D eigenvalue weighted by Gasteiger charge is 1.98. The van der Waals surface area contributed by atoms with Crippen LogP contribution in [0, 0.1) is 18.3 Å². The molecular weight excluding hydrogens is 150 g/mol. The summed E-state index contributed by atoms with van der Waals surface area (Å²) >= 11 is 0. The van der Waals surface area contributed by atoms with Crippen molar-refractivity contribution in [1.29, 1.82) is 5.26 Å². The summed E-state index contributed by atoms with van der Waals surface area (Å²) in [6.45, 7) is 4.47. The van der Waals surface area contributed by atoms with Gasteiger partial charge in [-0.25, -0.2) is 0 Å². The average Bonchev–Trinajstić information content (AvgIpc) is 2.09. The second kappa shape index (κ2) is 3.77. The Labute approximate surface area is 72.4 Å². The maximum absolute atomic E-state index is 8.71. The molecule has 1 aromatic carbocycles. The first-order chi connectivity index (χ1) is 5.77. The van der Waals surface area contributed by atoms with Gasteiger partial charge in [0.25, 0.3) is 0 Å². The first kappa shape index (κ1) is 8.61. The lowest BCUT2D eigenvalue weighted by atomic mass is 10.1. The molecule has 0 aromatic heterocycles. The van der Waals surface area contributed by atoms with Crippen molar-refractivity contribution >= 4 is 0 Å². The molecule has 2 nitrogen and oxygen atoms in total. The molecule has 0 saturated carbocycles. The molecule has 0 aliphatic carbocycles. The Morgan fingerprint density at radius 3 is 2.83 bits per heavy atom. The topological polar surface area (TPSA) is 33.0 Å². The van der Waals surface area contributed by atoms with Gasteiger partial charge in [0.05, 0.1) is 18.2 Å². The van der Waals surface area contributed by atoms with Gasteiger partial charge in [0, 0.05) is 0 Å². The van der Waals surface area contributed by atoms with E-state index in [1.165, 1.54) is 0 Å². The van der Waals surface area contributed by atoms with Crippen molar-refractivity contribution < 1.29 is 4.74 Å². The molecule has 62 valence electrons. The number of hydrogen-bond donors (Lipinski definition) is 0. The molecule has 0 saturated heterocycles. The van der Waals surface area contributed by atoms with E-state index in [0.717, 1.165) is 11.3 Å². The summed E-state index contributed by atoms with van der Waals surface area (Å²) in [7, 11) is 0. The molecule has 0 N–H and O–H groups in total. The summed E-state index contributed by atoms with van der Waals surface area (Å²) in [4.78, 5) is 0. The summed E-state index contributed by atoms with van der Waals surface area (Å²) in [5.74, 6) is 0.764. The van der Waals surface area contributed by atoms with E-state index in [-0.39, 0.29) is 0 Å². The molecular formula is C10H11NO. The third-order valence-electron chi connectivity index (χ3n) is 1.64. The molecule has 1 aromatic rings. The standard InChI is InChI=1S/C10H11NO/c1-3-12-10-5-4-8(2)9(6-10)7-11/h4-6H,3H2,1-2H3. The van der Waals surface area contributed by atoms with E-state index in [0.29, 0.717) is 12.2 Å². The Morgan fingerprint density at radius 1 is 1.50 bits per heavy atom. The number of hydrogen-bond acceptors (Lipinski definition) is 2. The van der Waals surface area contributed by atoms with Gasteiger partial charge in [0.15, 0.2) is 0 Å². The van der Waals surface area contributed by atoms with E-state index in [1.54, 1.807) is 6.07 Å². The minimum Gasteiger partial charge on any atom is -0.494 e. The van der Waals surface area contributed by atoms with Gasteiger partial charge in [-0.1, -0.05) is 6.07 Å². The van der Waals surface area contributed by atoms with Crippen molar-refractivity contribution in [3.05, 3.63) is 29.3 Å². The Kier molecular flexibility index (Phi) is 2.71. The predicted molar refractivity (Wildman–Crippen MR) is 47.1 cm³/mol. The third-order valence-corrected chi connectivity index (χ3v) is 1.64. The van der Waals surface area contributed by atoms with Crippen LogP contribution >= 0.6 is 0 Å². The van der Waals surface area contributed by atoms with Gasteiger partial charge >= 0.3 is 0 Å². The van der Waals surface area contributed by atoms with Crippen LogP contribution < -0.4 is 4.74 Å². The van der Waals surface area contributed by atoms with Crippen LogP contribution in [0.4, 0.5) is 0 Å². The molecule has 0 aliphatic rings. The largest absolute Gasteiger partial charge is 0.494 e. The van der Waals surface area contributed by atoms with Crippen LogP contribution in [-0.2, 0) is 0 Å². The van der Waals surface area contributed by atoms with Crippen LogP contribution in [0.2, 0.25) is 0 Å². The van der Waals surface area contributed by atoms with Crippen molar-refractivity contribution in [2.24, 2.45) is 0 Å². The molecule has 0 amide bonds. The van der Waals surface area contributed by atoms with Gasteiger partial charge in [-0.2, -0.15) is 5.26 Å². The second-order valence-corrected chi connectivity index (χ2v) is 2.52. The zero-order valence-electron chi connectivity index (χ0n) is 7.29. The molecule has 0 spiro atoms. The van der Waals surface area contributed by atoms with Crippen LogP contribution in [0.5, 0.6) is 5.75 Å². The van der Waals surface area contributed by atoms with Crippen LogP contribution in [-0.4, -0.2) is 6.61 Å². The number of rotatable bonds is 2. The average molecular weight is 161 g/mol. The first-order valence-electron chi connectivity index (χ1n) is 3.91. The Bertz CT molecular complexity index is 312. The summed E-state index contributed by atoms with van der Waals surface area (Å²) in [5, 5.41) is 8.71. The smallest absolute Gasteiger partial charge is 0.120 e. The fourth-order valence-corrected chi connectivity index (χ4v) is 0.978. The minimum absolute atomic E-state index is 0.633. The maximum Gasteiger partial charge on any atom is 0.120 e. The Morgan fingerprint density at radius 2 is 2.25 bits per heavy atom.